The molecule has 2 heterocycles. The number of aromatic nitrogens is 2. The van der Waals surface area contributed by atoms with Crippen LogP contribution in [0.15, 0.2) is 41.7 Å². The normalized spacial score (nSPS) is 16.1. The first-order valence-corrected chi connectivity index (χ1v) is 19.5. The molecule has 0 fully saturated rings. The number of nitrogens with two attached hydrogens (primary N) is 1. The van der Waals surface area contributed by atoms with E-state index in [0.717, 1.165) is 12.2 Å². The monoisotopic (exact) mass is 661 g/mol. The smallest absolute Gasteiger partial charge is 0.404 e. The number of imidazole rings is 1. The summed E-state index contributed by atoms with van der Waals surface area (Å²) in [6.07, 6.45) is 23.8. The minimum absolute atomic E-state index is 0.164. The standard InChI is InChI=1S/C35H60N5O5P/c1-3-4-5-6-7-8-9-10-11-12-13-14-15-16-17-21-24-42-25-26-44-46(41,45-32-22-19-18-20-23-32)30-43-31(2)27-40-29-39-33-34(36)37-28-38-35(33)40/h18-20,22-23,28-29,31,34H,3-17,21,24-27,30,36H2,1-2H3,(H,37,38). The predicted octanol–water partition coefficient (Wildman–Crippen LogP) is 9.22. The Morgan fingerprint density at radius 1 is 0.870 bits per heavy atom. The van der Waals surface area contributed by atoms with Gasteiger partial charge in [0.05, 0.1) is 38.5 Å². The predicted molar refractivity (Wildman–Crippen MR) is 188 cm³/mol. The van der Waals surface area contributed by atoms with Gasteiger partial charge < -0.3 is 29.6 Å². The molecule has 10 nitrogen and oxygen atoms in total. The Hall–Kier alpha value is -2.23. The number of anilines is 1. The third-order valence-corrected chi connectivity index (χ3v) is 9.73. The summed E-state index contributed by atoms with van der Waals surface area (Å²) >= 11 is 0. The van der Waals surface area contributed by atoms with Crippen molar-refractivity contribution in [1.29, 1.82) is 0 Å². The molecule has 1 aliphatic heterocycles. The average molecular weight is 662 g/mol. The Kier molecular flexibility index (Phi) is 19.2. The summed E-state index contributed by atoms with van der Waals surface area (Å²) in [4.78, 5) is 8.47. The molecule has 3 rings (SSSR count). The highest BCUT2D eigenvalue weighted by molar-refractivity contribution is 7.54. The van der Waals surface area contributed by atoms with Gasteiger partial charge in [0, 0.05) is 6.61 Å². The van der Waals surface area contributed by atoms with E-state index in [-0.39, 0.29) is 19.1 Å². The van der Waals surface area contributed by atoms with E-state index in [2.05, 4.69) is 22.2 Å². The van der Waals surface area contributed by atoms with Gasteiger partial charge in [-0.05, 0) is 25.5 Å². The quantitative estimate of drug-likeness (QED) is 0.0684. The van der Waals surface area contributed by atoms with Crippen LogP contribution in [0, 0.1) is 0 Å². The molecule has 3 N–H and O–H groups in total. The zero-order chi connectivity index (χ0) is 32.7. The van der Waals surface area contributed by atoms with E-state index in [1.807, 2.05) is 29.7 Å². The maximum atomic E-state index is 13.7. The number of unbranched alkanes of at least 4 members (excludes halogenated alkanes) is 15. The van der Waals surface area contributed by atoms with Crippen LogP contribution in [0.5, 0.6) is 5.75 Å². The molecule has 2 aromatic rings. The zero-order valence-electron chi connectivity index (χ0n) is 28.5. The second-order valence-corrected chi connectivity index (χ2v) is 14.3. The molecule has 3 unspecified atom stereocenters. The molecule has 1 aromatic carbocycles. The fourth-order valence-electron chi connectivity index (χ4n) is 5.53. The summed E-state index contributed by atoms with van der Waals surface area (Å²) in [7, 11) is -3.60. The van der Waals surface area contributed by atoms with Crippen LogP contribution < -0.4 is 15.6 Å². The summed E-state index contributed by atoms with van der Waals surface area (Å²) in [6, 6.07) is 9.03. The number of fused-ring (bicyclic) bond motifs is 1. The van der Waals surface area contributed by atoms with Crippen LogP contribution in [0.25, 0.3) is 0 Å². The Morgan fingerprint density at radius 3 is 2.11 bits per heavy atom. The number of nitrogens with one attached hydrogen (secondary N) is 1. The summed E-state index contributed by atoms with van der Waals surface area (Å²) in [6.45, 7) is 5.85. The Balaban J connectivity index is 1.23. The number of benzene rings is 1. The van der Waals surface area contributed by atoms with Crippen molar-refractivity contribution in [3.8, 4) is 5.75 Å². The highest BCUT2D eigenvalue weighted by Gasteiger charge is 2.29. The van der Waals surface area contributed by atoms with Gasteiger partial charge >= 0.3 is 7.60 Å². The van der Waals surface area contributed by atoms with Crippen molar-refractivity contribution in [3.63, 3.8) is 0 Å². The maximum absolute atomic E-state index is 13.7. The summed E-state index contributed by atoms with van der Waals surface area (Å²) in [5.41, 5.74) is 6.67. The first kappa shape index (κ1) is 38.2. The van der Waals surface area contributed by atoms with Gasteiger partial charge in [0.25, 0.3) is 0 Å². The summed E-state index contributed by atoms with van der Waals surface area (Å²) < 4.78 is 38.9. The van der Waals surface area contributed by atoms with Crippen molar-refractivity contribution in [2.45, 2.75) is 135 Å². The maximum Gasteiger partial charge on any atom is 0.404 e. The molecule has 46 heavy (non-hydrogen) atoms. The van der Waals surface area contributed by atoms with Crippen LogP contribution in [-0.4, -0.2) is 48.2 Å². The third kappa shape index (κ3) is 15.6. The molecule has 0 saturated heterocycles. The van der Waals surface area contributed by atoms with Crippen LogP contribution in [-0.2, 0) is 25.1 Å². The second kappa shape index (κ2) is 23.2. The lowest BCUT2D eigenvalue weighted by Crippen LogP contribution is -2.22. The lowest BCUT2D eigenvalue weighted by atomic mass is 10.0. The molecule has 1 aromatic heterocycles. The summed E-state index contributed by atoms with van der Waals surface area (Å²) in [5.74, 6) is 1.25. The van der Waals surface area contributed by atoms with E-state index in [0.29, 0.717) is 31.2 Å². The van der Waals surface area contributed by atoms with Crippen molar-refractivity contribution in [2.75, 3.05) is 31.5 Å². The van der Waals surface area contributed by atoms with E-state index in [4.69, 9.17) is 24.3 Å². The molecule has 0 bridgehead atoms. The molecule has 0 saturated carbocycles. The first-order chi connectivity index (χ1) is 22.5. The van der Waals surface area contributed by atoms with Crippen molar-refractivity contribution in [1.82, 2.24) is 9.55 Å². The van der Waals surface area contributed by atoms with Gasteiger partial charge in [0.1, 0.15) is 23.4 Å². The number of para-hydroxylation sites is 1. The van der Waals surface area contributed by atoms with Crippen molar-refractivity contribution in [2.24, 2.45) is 10.7 Å². The highest BCUT2D eigenvalue weighted by Crippen LogP contribution is 2.48. The minimum Gasteiger partial charge on any atom is -0.423 e. The number of ether oxygens (including phenoxy) is 2. The van der Waals surface area contributed by atoms with Gasteiger partial charge in [0.15, 0.2) is 6.35 Å². The topological polar surface area (TPSA) is 122 Å². The minimum atomic E-state index is -3.60. The van der Waals surface area contributed by atoms with Crippen molar-refractivity contribution < 1.29 is 23.1 Å². The fraction of sp³-hybridized carbons (Fsp3) is 0.714. The zero-order valence-corrected chi connectivity index (χ0v) is 29.3. The second-order valence-electron chi connectivity index (χ2n) is 12.4. The lowest BCUT2D eigenvalue weighted by Gasteiger charge is -2.22. The molecule has 0 aliphatic carbocycles. The third-order valence-electron chi connectivity index (χ3n) is 8.20. The number of aliphatic imine (C=N–C) groups is 1. The Morgan fingerprint density at radius 2 is 1.48 bits per heavy atom. The van der Waals surface area contributed by atoms with E-state index in [1.54, 1.807) is 24.8 Å². The number of hydrogen-bond donors (Lipinski definition) is 2. The highest BCUT2D eigenvalue weighted by atomic mass is 31.2. The number of hydrogen-bond acceptors (Lipinski definition) is 9. The van der Waals surface area contributed by atoms with Crippen LogP contribution in [0.3, 0.4) is 0 Å². The average Bonchev–Trinajstić information content (AvgIpc) is 3.47. The van der Waals surface area contributed by atoms with Crippen LogP contribution in [0.2, 0.25) is 0 Å². The largest absolute Gasteiger partial charge is 0.423 e. The Bertz CT molecular complexity index is 1130. The fourth-order valence-corrected chi connectivity index (χ4v) is 6.94. The molecule has 260 valence electrons. The molecule has 1 aliphatic rings. The molecular weight excluding hydrogens is 601 g/mol. The number of rotatable bonds is 28. The van der Waals surface area contributed by atoms with Gasteiger partial charge in [-0.2, -0.15) is 0 Å². The van der Waals surface area contributed by atoms with E-state index in [9.17, 15) is 4.57 Å². The van der Waals surface area contributed by atoms with Gasteiger partial charge in [-0.3, -0.25) is 9.52 Å². The van der Waals surface area contributed by atoms with E-state index in [1.165, 1.54) is 96.3 Å². The van der Waals surface area contributed by atoms with E-state index < -0.39 is 13.8 Å². The molecular formula is C35H60N5O5P. The molecule has 11 heteroatoms. The first-order valence-electron chi connectivity index (χ1n) is 17.8. The number of nitrogens with zero attached hydrogens (tertiary/aromatic N) is 3. The molecule has 3 atom stereocenters. The van der Waals surface area contributed by atoms with Crippen molar-refractivity contribution in [3.05, 3.63) is 42.4 Å². The SMILES string of the molecule is CCCCCCCCCCCCCCCCCCOCCOP(=O)(COC(C)Cn1cnc2c1NC=NC2N)Oc1ccccc1. The van der Waals surface area contributed by atoms with Gasteiger partial charge in [0.2, 0.25) is 0 Å². The molecule has 0 spiro atoms. The summed E-state index contributed by atoms with van der Waals surface area (Å²) in [5, 5.41) is 3.09. The van der Waals surface area contributed by atoms with Crippen LogP contribution >= 0.6 is 7.60 Å². The van der Waals surface area contributed by atoms with Gasteiger partial charge in [-0.1, -0.05) is 121 Å². The van der Waals surface area contributed by atoms with Gasteiger partial charge in [-0.15, -0.1) is 0 Å². The van der Waals surface area contributed by atoms with Crippen LogP contribution in [0.1, 0.15) is 128 Å². The Labute approximate surface area is 277 Å². The van der Waals surface area contributed by atoms with Gasteiger partial charge in [-0.25, -0.2) is 9.55 Å². The van der Waals surface area contributed by atoms with E-state index >= 15 is 0 Å². The van der Waals surface area contributed by atoms with Crippen LogP contribution in [0.4, 0.5) is 5.82 Å². The molecule has 0 amide bonds. The lowest BCUT2D eigenvalue weighted by molar-refractivity contribution is 0.0621. The van der Waals surface area contributed by atoms with Crippen molar-refractivity contribution >= 4 is 19.8 Å². The molecule has 0 radical (unpaired) electrons.